The molecule has 0 saturated heterocycles. The minimum atomic E-state index is -1.91. The summed E-state index contributed by atoms with van der Waals surface area (Å²) in [6.07, 6.45) is -7.87. The zero-order valence-electron chi connectivity index (χ0n) is 57.8. The highest BCUT2D eigenvalue weighted by molar-refractivity contribution is 7.80. The van der Waals surface area contributed by atoms with Gasteiger partial charge in [-0.3, -0.25) is 76.9 Å². The molecular formula is C63H95N17O23S. The fourth-order valence-electron chi connectivity index (χ4n) is 9.41. The van der Waals surface area contributed by atoms with Crippen molar-refractivity contribution in [3.8, 4) is 11.5 Å². The summed E-state index contributed by atoms with van der Waals surface area (Å²) in [5, 5.41) is 97.6. The van der Waals surface area contributed by atoms with E-state index in [0.717, 1.165) is 13.8 Å². The van der Waals surface area contributed by atoms with Crippen molar-refractivity contribution >= 4 is 113 Å². The van der Waals surface area contributed by atoms with Crippen molar-refractivity contribution in [3.63, 3.8) is 0 Å². The number of carboxylic acid groups (broad SMARTS) is 3. The number of phenols is 2. The lowest BCUT2D eigenvalue weighted by Gasteiger charge is -2.28. The van der Waals surface area contributed by atoms with Crippen molar-refractivity contribution in [1.29, 1.82) is 0 Å². The van der Waals surface area contributed by atoms with E-state index >= 15 is 0 Å². The van der Waals surface area contributed by atoms with Crippen LogP contribution in [0.2, 0.25) is 0 Å². The highest BCUT2D eigenvalue weighted by atomic mass is 32.1. The quantitative estimate of drug-likeness (QED) is 0.0127. The summed E-state index contributed by atoms with van der Waals surface area (Å²) in [5.74, 6) is -20.4. The number of nitrogens with two attached hydrogens (primary N) is 4. The van der Waals surface area contributed by atoms with Crippen molar-refractivity contribution in [2.24, 2.45) is 33.8 Å². The number of aliphatic carboxylic acids is 3. The Morgan fingerprint density at radius 1 is 0.433 bits per heavy atom. The molecule has 40 nitrogen and oxygen atoms in total. The van der Waals surface area contributed by atoms with Gasteiger partial charge in [0.05, 0.1) is 24.8 Å². The SMILES string of the molecule is CC(C)[C@H](NC(=O)CNC(=O)[C@H](CCC(=O)O)NC(=O)[C@H](Cc1ccc(O)cc1)NC(=O)[C@@H](NC(=O)[C@H](CCC(=O)O)NC(=O)[C@H](C)N)[C@@H](C)O)C(=O)N[C@@H](Cc1ccc(O)cc1)C(=O)N[C@@H](CCC(N)=O)C(=O)N[C@@H](CS)C(=O)N[C@H](C(=O)N[C@@H](C)C(=O)N[C@@H](CCCN=C(N)N)C(=O)O)[C@@H](C)O. The molecule has 0 unspecified atom stereocenters. The molecule has 14 atom stereocenters. The van der Waals surface area contributed by atoms with Crippen molar-refractivity contribution in [2.45, 2.75) is 190 Å². The van der Waals surface area contributed by atoms with E-state index in [-0.39, 0.29) is 42.4 Å². The number of nitrogens with zero attached hydrogens (tertiary/aromatic N) is 1. The van der Waals surface area contributed by atoms with Crippen LogP contribution in [0.1, 0.15) is 104 Å². The van der Waals surface area contributed by atoms with Crippen molar-refractivity contribution in [3.05, 3.63) is 59.7 Å². The van der Waals surface area contributed by atoms with Gasteiger partial charge >= 0.3 is 17.9 Å². The number of aliphatic hydroxyl groups is 2. The number of benzene rings is 2. The first-order valence-electron chi connectivity index (χ1n) is 32.5. The first kappa shape index (κ1) is 89.1. The summed E-state index contributed by atoms with van der Waals surface area (Å²) in [6.45, 7) is 6.64. The second kappa shape index (κ2) is 44.4. The maximum Gasteiger partial charge on any atom is 0.326 e. The minimum absolute atomic E-state index is 0.0448. The number of amides is 13. The first-order valence-corrected chi connectivity index (χ1v) is 33.2. The average Bonchev–Trinajstić information content (AvgIpc) is 0.857. The van der Waals surface area contributed by atoms with E-state index in [9.17, 15) is 112 Å². The van der Waals surface area contributed by atoms with E-state index in [1.807, 2.05) is 0 Å². The van der Waals surface area contributed by atoms with Crippen LogP contribution in [-0.2, 0) is 89.6 Å². The number of carbonyl (C=O) groups is 16. The first-order chi connectivity index (χ1) is 48.6. The smallest absolute Gasteiger partial charge is 0.326 e. The summed E-state index contributed by atoms with van der Waals surface area (Å²) >= 11 is 4.15. The molecule has 2 aromatic carbocycles. The molecular weight excluding hydrogens is 1390 g/mol. The second-order valence-electron chi connectivity index (χ2n) is 24.5. The van der Waals surface area contributed by atoms with E-state index in [1.54, 1.807) is 0 Å². The number of primary amides is 1. The van der Waals surface area contributed by atoms with E-state index in [0.29, 0.717) is 5.56 Å². The number of aliphatic imine (C=N–C) groups is 1. The minimum Gasteiger partial charge on any atom is -0.508 e. The molecule has 0 aliphatic carbocycles. The fraction of sp³-hybridized carbons (Fsp3) is 0.540. The van der Waals surface area contributed by atoms with E-state index in [4.69, 9.17) is 22.9 Å². The third-order valence-electron chi connectivity index (χ3n) is 15.2. The number of aliphatic hydroxyl groups excluding tert-OH is 2. The van der Waals surface area contributed by atoms with Gasteiger partial charge in [-0.05, 0) is 101 Å². The van der Waals surface area contributed by atoms with Gasteiger partial charge in [0, 0.05) is 44.4 Å². The maximum absolute atomic E-state index is 14.4. The van der Waals surface area contributed by atoms with Gasteiger partial charge in [-0.1, -0.05) is 38.1 Å². The number of hydrogen-bond acceptors (Lipinski definition) is 23. The van der Waals surface area contributed by atoms with Crippen molar-refractivity contribution in [1.82, 2.24) is 63.8 Å². The largest absolute Gasteiger partial charge is 0.508 e. The molecule has 41 heteroatoms. The number of guanidine groups is 1. The van der Waals surface area contributed by atoms with Crippen LogP contribution >= 0.6 is 12.6 Å². The summed E-state index contributed by atoms with van der Waals surface area (Å²) < 4.78 is 0. The Labute approximate surface area is 601 Å². The van der Waals surface area contributed by atoms with Gasteiger partial charge in [0.2, 0.25) is 76.8 Å². The Morgan fingerprint density at radius 2 is 0.808 bits per heavy atom. The van der Waals surface area contributed by atoms with Gasteiger partial charge in [0.25, 0.3) is 0 Å². The number of rotatable bonds is 46. The Morgan fingerprint density at radius 3 is 1.21 bits per heavy atom. The third-order valence-corrected chi connectivity index (χ3v) is 15.6. The van der Waals surface area contributed by atoms with Crippen LogP contribution in [0.3, 0.4) is 0 Å². The van der Waals surface area contributed by atoms with Gasteiger partial charge in [0.1, 0.15) is 78.0 Å². The van der Waals surface area contributed by atoms with Crippen LogP contribution in [0, 0.1) is 5.92 Å². The molecule has 0 saturated carbocycles. The number of nitrogens with one attached hydrogen (secondary N) is 12. The number of phenolic OH excluding ortho intramolecular Hbond substituents is 2. The fourth-order valence-corrected chi connectivity index (χ4v) is 9.67. The molecule has 0 heterocycles. The van der Waals surface area contributed by atoms with E-state index < -0.39 is 249 Å². The topological polar surface area (TPSA) is 676 Å². The standard InChI is InChI=1S/C63H95N17O23S/c1-28(2)48(78-45(86)26-69-53(93)37(18-21-46(87)88)72-56(96)42(25-34-11-15-36(84)16-12-34)76-61(101)50(32(6)82)79-55(95)39(19-22-47(89)90)71-51(91)29(3)64)59(99)75-41(24-33-9-13-35(83)14-10-33)57(97)73-38(17-20-44(65)85)54(94)77-43(27-104)58(98)80-49(31(5)81)60(100)70-30(4)52(92)74-40(62(102)103)8-7-23-68-63(66)67/h9-16,28-32,37-43,48-50,81-84,104H,7-8,17-27,64H2,1-6H3,(H2,65,85)(H,69,93)(H,70,100)(H,71,91)(H,72,96)(H,73,97)(H,74,92)(H,75,99)(H,76,101)(H,77,94)(H,78,86)(H,79,95)(H,80,98)(H,87,88)(H,89,90)(H,102,103)(H4,66,67,68)/t29-,30-,31+,32+,37-,38-,39-,40-,41-,42-,43-,48-,49-,50-/m0/s1. The highest BCUT2D eigenvalue weighted by Crippen LogP contribution is 2.16. The van der Waals surface area contributed by atoms with Crippen LogP contribution in [0.5, 0.6) is 11.5 Å². The van der Waals surface area contributed by atoms with E-state index in [2.05, 4.69) is 81.4 Å². The molecule has 0 aliphatic rings. The average molecular weight is 1490 g/mol. The number of thiol groups is 1. The van der Waals surface area contributed by atoms with Crippen molar-refractivity contribution < 1.29 is 112 Å². The van der Waals surface area contributed by atoms with E-state index in [1.165, 1.54) is 76.2 Å². The van der Waals surface area contributed by atoms with Gasteiger partial charge in [0.15, 0.2) is 5.96 Å². The molecule has 576 valence electrons. The van der Waals surface area contributed by atoms with Crippen LogP contribution in [0.4, 0.5) is 0 Å². The van der Waals surface area contributed by atoms with Crippen LogP contribution in [-0.4, -0.2) is 240 Å². The zero-order valence-corrected chi connectivity index (χ0v) is 58.7. The predicted octanol–water partition coefficient (Wildman–Crippen LogP) is -7.82. The molecule has 0 aromatic heterocycles. The predicted molar refractivity (Wildman–Crippen MR) is 369 cm³/mol. The molecule has 0 radical (unpaired) electrons. The normalized spacial score (nSPS) is 15.0. The lowest BCUT2D eigenvalue weighted by Crippen LogP contribution is -2.62. The summed E-state index contributed by atoms with van der Waals surface area (Å²) in [5.41, 5.74) is 22.2. The summed E-state index contributed by atoms with van der Waals surface area (Å²) in [4.78, 5) is 216. The maximum atomic E-state index is 14.4. The van der Waals surface area contributed by atoms with Gasteiger partial charge in [-0.15, -0.1) is 0 Å². The summed E-state index contributed by atoms with van der Waals surface area (Å²) in [7, 11) is 0. The van der Waals surface area contributed by atoms with Gasteiger partial charge in [-0.25, -0.2) is 4.79 Å². The Kier molecular flexibility index (Phi) is 38.1. The van der Waals surface area contributed by atoms with Gasteiger partial charge < -0.3 is 122 Å². The molecule has 0 bridgehead atoms. The van der Waals surface area contributed by atoms with Gasteiger partial charge in [-0.2, -0.15) is 12.6 Å². The Bertz CT molecular complexity index is 3380. The Balaban J connectivity index is 2.42. The van der Waals surface area contributed by atoms with Crippen LogP contribution in [0.15, 0.2) is 53.5 Å². The molecule has 27 N–H and O–H groups in total. The molecule has 2 aromatic rings. The van der Waals surface area contributed by atoms with Crippen LogP contribution < -0.4 is 86.7 Å². The number of carboxylic acids is 3. The van der Waals surface area contributed by atoms with Crippen molar-refractivity contribution in [2.75, 3.05) is 18.8 Å². The lowest BCUT2D eigenvalue weighted by atomic mass is 10.00. The number of aromatic hydroxyl groups is 2. The molecule has 13 amide bonds. The Hall–Kier alpha value is -10.9. The highest BCUT2D eigenvalue weighted by Gasteiger charge is 2.38. The molecule has 2 rings (SSSR count). The third kappa shape index (κ3) is 32.8. The molecule has 104 heavy (non-hydrogen) atoms. The number of hydrogen-bond donors (Lipinski definition) is 24. The monoisotopic (exact) mass is 1490 g/mol. The zero-order chi connectivity index (χ0) is 78.8. The second-order valence-corrected chi connectivity index (χ2v) is 24.9. The molecule has 0 spiro atoms. The number of carbonyl (C=O) groups excluding carboxylic acids is 13. The van der Waals surface area contributed by atoms with Crippen LogP contribution in [0.25, 0.3) is 0 Å². The molecule has 0 aliphatic heterocycles. The molecule has 0 fully saturated rings. The lowest BCUT2D eigenvalue weighted by molar-refractivity contribution is -0.142. The summed E-state index contributed by atoms with van der Waals surface area (Å²) in [6, 6.07) is -9.20.